The first-order valence-corrected chi connectivity index (χ1v) is 7.17. The highest BCUT2D eigenvalue weighted by Gasteiger charge is 2.32. The topological polar surface area (TPSA) is 74.7 Å². The van der Waals surface area contributed by atoms with Crippen LogP contribution in [0, 0.1) is 5.41 Å². The quantitative estimate of drug-likeness (QED) is 0.834. The summed E-state index contributed by atoms with van der Waals surface area (Å²) in [5.41, 5.74) is 0.275. The van der Waals surface area contributed by atoms with Gasteiger partial charge in [-0.25, -0.2) is 4.98 Å². The summed E-state index contributed by atoms with van der Waals surface area (Å²) in [5, 5.41) is 12.6. The summed E-state index contributed by atoms with van der Waals surface area (Å²) in [6.07, 6.45) is 3.19. The van der Waals surface area contributed by atoms with Gasteiger partial charge >= 0.3 is 0 Å². The molecule has 0 radical (unpaired) electrons. The Balaban J connectivity index is 2.04. The van der Waals surface area contributed by atoms with Crippen LogP contribution < -0.4 is 10.2 Å². The fourth-order valence-electron chi connectivity index (χ4n) is 2.49. The van der Waals surface area contributed by atoms with Gasteiger partial charge in [-0.1, -0.05) is 0 Å². The van der Waals surface area contributed by atoms with Gasteiger partial charge in [0.2, 0.25) is 0 Å². The highest BCUT2D eigenvalue weighted by Crippen LogP contribution is 2.29. The lowest BCUT2D eigenvalue weighted by Gasteiger charge is -2.35. The molecule has 6 nitrogen and oxygen atoms in total. The first kappa shape index (κ1) is 15.7. The molecular weight excluding hydrogens is 270 g/mol. The van der Waals surface area contributed by atoms with Crippen LogP contribution in [0.1, 0.15) is 23.2 Å². The number of nitrogens with zero attached hydrogens (tertiary/aromatic N) is 2. The van der Waals surface area contributed by atoms with Gasteiger partial charge in [-0.05, 0) is 25.0 Å². The zero-order valence-electron chi connectivity index (χ0n) is 12.6. The summed E-state index contributed by atoms with van der Waals surface area (Å²) in [5.74, 6) is 0.478. The molecule has 1 amide bonds. The number of amides is 1. The molecule has 0 atom stereocenters. The Morgan fingerprint density at radius 1 is 1.48 bits per heavy atom. The lowest BCUT2D eigenvalue weighted by molar-refractivity contribution is -0.0146. The molecule has 21 heavy (non-hydrogen) atoms. The van der Waals surface area contributed by atoms with Crippen LogP contribution in [0.2, 0.25) is 0 Å². The predicted molar refractivity (Wildman–Crippen MR) is 80.5 cm³/mol. The number of hydrogen-bond acceptors (Lipinski definition) is 5. The van der Waals surface area contributed by atoms with E-state index < -0.39 is 0 Å². The van der Waals surface area contributed by atoms with Crippen LogP contribution >= 0.6 is 0 Å². The van der Waals surface area contributed by atoms with Gasteiger partial charge in [0, 0.05) is 45.5 Å². The molecule has 2 N–H and O–H groups in total. The molecule has 1 fully saturated rings. The normalized spacial score (nSPS) is 17.3. The largest absolute Gasteiger partial charge is 0.396 e. The van der Waals surface area contributed by atoms with Crippen LogP contribution in [0.5, 0.6) is 0 Å². The fourth-order valence-corrected chi connectivity index (χ4v) is 2.49. The maximum absolute atomic E-state index is 12.4. The lowest BCUT2D eigenvalue weighted by atomic mass is 9.81. The van der Waals surface area contributed by atoms with E-state index in [1.807, 2.05) is 19.0 Å². The van der Waals surface area contributed by atoms with Gasteiger partial charge in [0.25, 0.3) is 5.91 Å². The third kappa shape index (κ3) is 3.71. The molecule has 0 aliphatic carbocycles. The molecule has 1 aromatic rings. The van der Waals surface area contributed by atoms with E-state index in [4.69, 9.17) is 4.74 Å². The minimum absolute atomic E-state index is 0.0597. The number of pyridine rings is 1. The number of carbonyl (C=O) groups is 1. The zero-order chi connectivity index (χ0) is 15.3. The molecule has 1 aromatic heterocycles. The van der Waals surface area contributed by atoms with Crippen molar-refractivity contribution in [2.45, 2.75) is 12.8 Å². The van der Waals surface area contributed by atoms with Crippen molar-refractivity contribution in [3.63, 3.8) is 0 Å². The Hall–Kier alpha value is -1.66. The molecule has 2 heterocycles. The number of aliphatic hydroxyl groups is 1. The van der Waals surface area contributed by atoms with Crippen molar-refractivity contribution in [1.82, 2.24) is 10.3 Å². The van der Waals surface area contributed by atoms with Crippen LogP contribution in [0.25, 0.3) is 0 Å². The van der Waals surface area contributed by atoms with E-state index in [2.05, 4.69) is 10.3 Å². The number of aliphatic hydroxyl groups excluding tert-OH is 1. The summed E-state index contributed by atoms with van der Waals surface area (Å²) in [4.78, 5) is 18.4. The van der Waals surface area contributed by atoms with E-state index in [-0.39, 0.29) is 17.9 Å². The highest BCUT2D eigenvalue weighted by molar-refractivity contribution is 5.98. The lowest BCUT2D eigenvalue weighted by Crippen LogP contribution is -2.44. The average Bonchev–Trinajstić information content (AvgIpc) is 2.53. The van der Waals surface area contributed by atoms with Crippen LogP contribution in [0.15, 0.2) is 18.3 Å². The Morgan fingerprint density at radius 3 is 2.81 bits per heavy atom. The van der Waals surface area contributed by atoms with Gasteiger partial charge in [-0.3, -0.25) is 4.79 Å². The van der Waals surface area contributed by atoms with Crippen LogP contribution in [-0.4, -0.2) is 56.5 Å². The number of rotatable bonds is 5. The van der Waals surface area contributed by atoms with E-state index in [0.29, 0.717) is 31.1 Å². The molecule has 1 aliphatic rings. The highest BCUT2D eigenvalue weighted by atomic mass is 16.5. The van der Waals surface area contributed by atoms with E-state index >= 15 is 0 Å². The van der Waals surface area contributed by atoms with Gasteiger partial charge in [0.15, 0.2) is 0 Å². The molecule has 0 aromatic carbocycles. The fraction of sp³-hybridized carbons (Fsp3) is 0.600. The third-order valence-corrected chi connectivity index (χ3v) is 3.97. The monoisotopic (exact) mass is 293 g/mol. The number of hydrogen-bond donors (Lipinski definition) is 2. The molecule has 0 spiro atoms. The average molecular weight is 293 g/mol. The number of anilines is 1. The maximum atomic E-state index is 12.4. The first-order valence-electron chi connectivity index (χ1n) is 7.17. The van der Waals surface area contributed by atoms with Gasteiger partial charge in [-0.15, -0.1) is 0 Å². The molecule has 1 saturated heterocycles. The molecular formula is C15H23N3O3. The van der Waals surface area contributed by atoms with Gasteiger partial charge in [-0.2, -0.15) is 0 Å². The number of ether oxygens (including phenoxy) is 1. The number of carbonyl (C=O) groups excluding carboxylic acids is 1. The van der Waals surface area contributed by atoms with Crippen molar-refractivity contribution < 1.29 is 14.6 Å². The standard InChI is InChI=1S/C15H23N3O3/c1-18(2)13-12(4-3-7-16-13)14(20)17-10-15(11-19)5-8-21-9-6-15/h3-4,7,19H,5-6,8-11H2,1-2H3,(H,17,20). The van der Waals surface area contributed by atoms with Gasteiger partial charge in [0.05, 0.1) is 12.2 Å². The van der Waals surface area contributed by atoms with E-state index in [1.54, 1.807) is 18.3 Å². The summed E-state index contributed by atoms with van der Waals surface area (Å²) in [7, 11) is 3.71. The van der Waals surface area contributed by atoms with Crippen molar-refractivity contribution in [3.8, 4) is 0 Å². The summed E-state index contributed by atoms with van der Waals surface area (Å²) < 4.78 is 5.33. The van der Waals surface area contributed by atoms with Crippen molar-refractivity contribution in [2.24, 2.45) is 5.41 Å². The molecule has 2 rings (SSSR count). The van der Waals surface area contributed by atoms with Crippen LogP contribution in [0.4, 0.5) is 5.82 Å². The molecule has 0 unspecified atom stereocenters. The minimum atomic E-state index is -0.269. The second kappa shape index (κ2) is 6.87. The number of aromatic nitrogens is 1. The van der Waals surface area contributed by atoms with Crippen molar-refractivity contribution in [3.05, 3.63) is 23.9 Å². The van der Waals surface area contributed by atoms with Gasteiger partial charge < -0.3 is 20.1 Å². The summed E-state index contributed by atoms with van der Waals surface area (Å²) in [6, 6.07) is 3.51. The summed E-state index contributed by atoms with van der Waals surface area (Å²) in [6.45, 7) is 1.77. The van der Waals surface area contributed by atoms with E-state index in [0.717, 1.165) is 12.8 Å². The Kier molecular flexibility index (Phi) is 5.14. The maximum Gasteiger partial charge on any atom is 0.255 e. The first-order chi connectivity index (χ1) is 10.1. The van der Waals surface area contributed by atoms with Gasteiger partial charge in [0.1, 0.15) is 5.82 Å². The zero-order valence-corrected chi connectivity index (χ0v) is 12.6. The molecule has 0 bridgehead atoms. The number of nitrogens with one attached hydrogen (secondary N) is 1. The Labute approximate surface area is 125 Å². The van der Waals surface area contributed by atoms with Crippen LogP contribution in [-0.2, 0) is 4.74 Å². The van der Waals surface area contributed by atoms with E-state index in [1.165, 1.54) is 0 Å². The minimum Gasteiger partial charge on any atom is -0.396 e. The van der Waals surface area contributed by atoms with Crippen molar-refractivity contribution >= 4 is 11.7 Å². The molecule has 6 heteroatoms. The summed E-state index contributed by atoms with van der Waals surface area (Å²) >= 11 is 0. The molecule has 116 valence electrons. The molecule has 0 saturated carbocycles. The van der Waals surface area contributed by atoms with E-state index in [9.17, 15) is 9.90 Å². The van der Waals surface area contributed by atoms with Crippen LogP contribution in [0.3, 0.4) is 0 Å². The third-order valence-electron chi connectivity index (χ3n) is 3.97. The predicted octanol–water partition coefficient (Wildman–Crippen LogP) is 0.666. The Morgan fingerprint density at radius 2 is 2.19 bits per heavy atom. The molecule has 1 aliphatic heterocycles. The second-order valence-electron chi connectivity index (χ2n) is 5.72. The SMILES string of the molecule is CN(C)c1ncccc1C(=O)NCC1(CO)CCOCC1. The van der Waals surface area contributed by atoms with Crippen molar-refractivity contribution in [1.29, 1.82) is 0 Å². The van der Waals surface area contributed by atoms with Crippen molar-refractivity contribution in [2.75, 3.05) is 45.4 Å². The smallest absolute Gasteiger partial charge is 0.255 e. The second-order valence-corrected chi connectivity index (χ2v) is 5.72. The Bertz CT molecular complexity index is 485.